The van der Waals surface area contributed by atoms with Crippen molar-refractivity contribution in [3.63, 3.8) is 0 Å². The molecule has 0 aromatic carbocycles. The zero-order chi connectivity index (χ0) is 12.3. The number of rotatable bonds is 2. The van der Waals surface area contributed by atoms with Crippen molar-refractivity contribution in [1.29, 1.82) is 0 Å². The summed E-state index contributed by atoms with van der Waals surface area (Å²) in [5.41, 5.74) is 0. The highest BCUT2D eigenvalue weighted by atomic mass is 16.5. The molecule has 2 heterocycles. The van der Waals surface area contributed by atoms with E-state index in [4.69, 9.17) is 4.74 Å². The fourth-order valence-electron chi connectivity index (χ4n) is 2.86. The van der Waals surface area contributed by atoms with Gasteiger partial charge in [0.1, 0.15) is 0 Å². The molecular weight excluding hydrogens is 216 g/mol. The minimum absolute atomic E-state index is 0.190. The van der Waals surface area contributed by atoms with Gasteiger partial charge in [-0.3, -0.25) is 4.79 Å². The van der Waals surface area contributed by atoms with Crippen LogP contribution < -0.4 is 5.32 Å². The molecule has 0 radical (unpaired) electrons. The largest absolute Gasteiger partial charge is 0.379 e. The van der Waals surface area contributed by atoms with Gasteiger partial charge in [-0.25, -0.2) is 0 Å². The SMILES string of the molecule is COC1CN(C(=O)[C@H]2CCCNC2)CCC1C. The molecule has 98 valence electrons. The van der Waals surface area contributed by atoms with E-state index in [1.54, 1.807) is 7.11 Å². The van der Waals surface area contributed by atoms with Crippen LogP contribution >= 0.6 is 0 Å². The molecule has 1 N–H and O–H groups in total. The van der Waals surface area contributed by atoms with E-state index in [2.05, 4.69) is 12.2 Å². The lowest BCUT2D eigenvalue weighted by Crippen LogP contribution is -2.50. The number of piperidine rings is 2. The van der Waals surface area contributed by atoms with Gasteiger partial charge in [0.05, 0.1) is 12.0 Å². The molecule has 1 amide bonds. The van der Waals surface area contributed by atoms with E-state index in [1.165, 1.54) is 0 Å². The quantitative estimate of drug-likeness (QED) is 0.778. The van der Waals surface area contributed by atoms with Gasteiger partial charge in [-0.1, -0.05) is 6.92 Å². The van der Waals surface area contributed by atoms with Gasteiger partial charge in [0.25, 0.3) is 0 Å². The topological polar surface area (TPSA) is 41.6 Å². The molecule has 0 aromatic heterocycles. The highest BCUT2D eigenvalue weighted by molar-refractivity contribution is 5.79. The number of ether oxygens (including phenoxy) is 1. The van der Waals surface area contributed by atoms with Crippen LogP contribution in [-0.4, -0.2) is 50.2 Å². The van der Waals surface area contributed by atoms with Gasteiger partial charge in [0.15, 0.2) is 0 Å². The van der Waals surface area contributed by atoms with Crippen molar-refractivity contribution in [3.05, 3.63) is 0 Å². The Morgan fingerprint density at radius 2 is 2.24 bits per heavy atom. The molecule has 0 aliphatic carbocycles. The van der Waals surface area contributed by atoms with E-state index in [9.17, 15) is 4.79 Å². The second-order valence-electron chi connectivity index (χ2n) is 5.37. The summed E-state index contributed by atoms with van der Waals surface area (Å²) in [4.78, 5) is 14.4. The standard InChI is InChI=1S/C13H24N2O2/c1-10-5-7-15(9-12(10)17-2)13(16)11-4-3-6-14-8-11/h10-12,14H,3-9H2,1-2H3/t10?,11-,12?/m0/s1. The molecule has 2 fully saturated rings. The van der Waals surface area contributed by atoms with Crippen LogP contribution in [0.25, 0.3) is 0 Å². The number of hydrogen-bond acceptors (Lipinski definition) is 3. The maximum absolute atomic E-state index is 12.4. The molecule has 0 aromatic rings. The Morgan fingerprint density at radius 3 is 2.88 bits per heavy atom. The lowest BCUT2D eigenvalue weighted by atomic mass is 9.92. The van der Waals surface area contributed by atoms with E-state index >= 15 is 0 Å². The minimum Gasteiger partial charge on any atom is -0.379 e. The molecule has 2 rings (SSSR count). The Balaban J connectivity index is 1.90. The number of carbonyl (C=O) groups is 1. The van der Waals surface area contributed by atoms with Crippen molar-refractivity contribution in [3.8, 4) is 0 Å². The van der Waals surface area contributed by atoms with Crippen LogP contribution in [0.5, 0.6) is 0 Å². The molecule has 17 heavy (non-hydrogen) atoms. The van der Waals surface area contributed by atoms with E-state index in [0.717, 1.165) is 45.4 Å². The third kappa shape index (κ3) is 2.99. The lowest BCUT2D eigenvalue weighted by Gasteiger charge is -2.38. The molecule has 2 aliphatic rings. The lowest BCUT2D eigenvalue weighted by molar-refractivity contribution is -0.141. The normalized spacial score (nSPS) is 34.7. The van der Waals surface area contributed by atoms with E-state index < -0.39 is 0 Å². The average molecular weight is 240 g/mol. The Bertz CT molecular complexity index is 264. The zero-order valence-electron chi connectivity index (χ0n) is 10.9. The monoisotopic (exact) mass is 240 g/mol. The first-order valence-electron chi connectivity index (χ1n) is 6.74. The number of amides is 1. The van der Waals surface area contributed by atoms with Gasteiger partial charge in [-0.15, -0.1) is 0 Å². The predicted octanol–water partition coefficient (Wildman–Crippen LogP) is 0.869. The zero-order valence-corrected chi connectivity index (χ0v) is 10.9. The highest BCUT2D eigenvalue weighted by Crippen LogP contribution is 2.22. The summed E-state index contributed by atoms with van der Waals surface area (Å²) in [7, 11) is 1.75. The molecule has 2 saturated heterocycles. The number of nitrogens with zero attached hydrogens (tertiary/aromatic N) is 1. The van der Waals surface area contributed by atoms with Crippen molar-refractivity contribution in [2.45, 2.75) is 32.3 Å². The van der Waals surface area contributed by atoms with E-state index in [1.807, 2.05) is 4.90 Å². The summed E-state index contributed by atoms with van der Waals surface area (Å²) in [6.45, 7) is 5.78. The summed E-state index contributed by atoms with van der Waals surface area (Å²) < 4.78 is 5.46. The average Bonchev–Trinajstić information content (AvgIpc) is 2.39. The Labute approximate surface area is 104 Å². The number of hydrogen-bond donors (Lipinski definition) is 1. The second-order valence-corrected chi connectivity index (χ2v) is 5.37. The maximum Gasteiger partial charge on any atom is 0.227 e. The van der Waals surface area contributed by atoms with Gasteiger partial charge in [-0.2, -0.15) is 0 Å². The smallest absolute Gasteiger partial charge is 0.227 e. The van der Waals surface area contributed by atoms with Crippen LogP contribution in [0.2, 0.25) is 0 Å². The van der Waals surface area contributed by atoms with Gasteiger partial charge < -0.3 is 15.0 Å². The first-order chi connectivity index (χ1) is 8.22. The number of carbonyl (C=O) groups excluding carboxylic acids is 1. The molecule has 3 atom stereocenters. The molecule has 0 bridgehead atoms. The van der Waals surface area contributed by atoms with Crippen molar-refractivity contribution >= 4 is 5.91 Å². The fourth-order valence-corrected chi connectivity index (χ4v) is 2.86. The predicted molar refractivity (Wildman–Crippen MR) is 66.8 cm³/mol. The maximum atomic E-state index is 12.4. The Morgan fingerprint density at radius 1 is 1.41 bits per heavy atom. The molecule has 4 heteroatoms. The number of likely N-dealkylation sites (tertiary alicyclic amines) is 1. The van der Waals surface area contributed by atoms with Crippen molar-refractivity contribution < 1.29 is 9.53 Å². The van der Waals surface area contributed by atoms with Gasteiger partial charge in [0.2, 0.25) is 5.91 Å². The number of nitrogens with one attached hydrogen (secondary N) is 1. The van der Waals surface area contributed by atoms with Crippen LogP contribution in [0.4, 0.5) is 0 Å². The van der Waals surface area contributed by atoms with E-state index in [0.29, 0.717) is 11.8 Å². The summed E-state index contributed by atoms with van der Waals surface area (Å²) in [6, 6.07) is 0. The Hall–Kier alpha value is -0.610. The van der Waals surface area contributed by atoms with Gasteiger partial charge in [0, 0.05) is 26.7 Å². The summed E-state index contributed by atoms with van der Waals surface area (Å²) in [5, 5.41) is 3.31. The minimum atomic E-state index is 0.190. The molecule has 4 nitrogen and oxygen atoms in total. The second kappa shape index (κ2) is 5.83. The summed E-state index contributed by atoms with van der Waals surface area (Å²) >= 11 is 0. The fraction of sp³-hybridized carbons (Fsp3) is 0.923. The van der Waals surface area contributed by atoms with Crippen molar-refractivity contribution in [2.75, 3.05) is 33.3 Å². The van der Waals surface area contributed by atoms with Gasteiger partial charge in [-0.05, 0) is 31.7 Å². The third-order valence-corrected chi connectivity index (χ3v) is 4.15. The van der Waals surface area contributed by atoms with E-state index in [-0.39, 0.29) is 12.0 Å². The molecule has 0 spiro atoms. The first kappa shape index (κ1) is 12.8. The Kier molecular flexibility index (Phi) is 4.40. The van der Waals surface area contributed by atoms with Crippen molar-refractivity contribution in [1.82, 2.24) is 10.2 Å². The highest BCUT2D eigenvalue weighted by Gasteiger charge is 2.32. The first-order valence-corrected chi connectivity index (χ1v) is 6.74. The molecule has 0 saturated carbocycles. The molecule has 2 aliphatic heterocycles. The molecular formula is C13H24N2O2. The van der Waals surface area contributed by atoms with Crippen LogP contribution in [0.1, 0.15) is 26.2 Å². The number of methoxy groups -OCH3 is 1. The van der Waals surface area contributed by atoms with Crippen LogP contribution in [0, 0.1) is 11.8 Å². The summed E-state index contributed by atoms with van der Waals surface area (Å²) in [6.07, 6.45) is 3.43. The van der Waals surface area contributed by atoms with Crippen molar-refractivity contribution in [2.24, 2.45) is 11.8 Å². The van der Waals surface area contributed by atoms with Gasteiger partial charge >= 0.3 is 0 Å². The van der Waals surface area contributed by atoms with Crippen LogP contribution in [0.15, 0.2) is 0 Å². The van der Waals surface area contributed by atoms with Crippen LogP contribution in [-0.2, 0) is 9.53 Å². The third-order valence-electron chi connectivity index (χ3n) is 4.15. The molecule has 2 unspecified atom stereocenters. The van der Waals surface area contributed by atoms with Crippen LogP contribution in [0.3, 0.4) is 0 Å². The summed E-state index contributed by atoms with van der Waals surface area (Å²) in [5.74, 6) is 1.08.